The number of unbranched alkanes of at least 4 members (excludes halogenated alkanes) is 10. The maximum absolute atomic E-state index is 11.8. The van der Waals surface area contributed by atoms with E-state index in [1.807, 2.05) is 0 Å². The third kappa shape index (κ3) is 57.5. The van der Waals surface area contributed by atoms with Gasteiger partial charge in [-0.15, -0.1) is 0 Å². The van der Waals surface area contributed by atoms with Gasteiger partial charge in [0.2, 0.25) is 14.5 Å². The highest BCUT2D eigenvalue weighted by atomic mass is 36.0. The zero-order valence-corrected chi connectivity index (χ0v) is 25.7. The minimum absolute atomic E-state index is 0.0277. The fourth-order valence-corrected chi connectivity index (χ4v) is 3.76. The van der Waals surface area contributed by atoms with Gasteiger partial charge in [0.25, 0.3) is 0 Å². The molecule has 0 aromatic carbocycles. The van der Waals surface area contributed by atoms with Crippen LogP contribution in [0.25, 0.3) is 0 Å². The van der Waals surface area contributed by atoms with Crippen LogP contribution < -0.4 is 0 Å². The average Bonchev–Trinajstić information content (AvgIpc) is 2.67. The standard InChI is InChI=1S/C10H16ClF5OS.C10H17F5O2S.Cl2OS/c11-10(17)8-6-4-2-1-3-5-7-9-18(12,13,14,15)16;11-18(12,13,14,15)9-7-5-3-1-2-4-6-8-10(16)17;1-4(2)3/h7,9H,1-6,8H2;7,9H,1-6,8H2,(H,16,17);/b2*9-7+;. The van der Waals surface area contributed by atoms with E-state index in [1.165, 1.54) is 0 Å². The summed E-state index contributed by atoms with van der Waals surface area (Å²) >= 11 is 5.11. The Hall–Kier alpha value is -0.360. The van der Waals surface area contributed by atoms with Crippen LogP contribution in [-0.2, 0) is 18.8 Å². The third-order valence-electron chi connectivity index (χ3n) is 4.21. The highest BCUT2D eigenvalue weighted by Crippen LogP contribution is 2.99. The summed E-state index contributed by atoms with van der Waals surface area (Å²) in [6.07, 6.45) is 7.29. The molecule has 246 valence electrons. The van der Waals surface area contributed by atoms with E-state index in [-0.39, 0.29) is 25.7 Å². The van der Waals surface area contributed by atoms with Crippen LogP contribution in [0.15, 0.2) is 23.0 Å². The number of carbonyl (C=O) groups excluding carboxylic acids is 1. The van der Waals surface area contributed by atoms with E-state index in [9.17, 15) is 48.4 Å². The summed E-state index contributed by atoms with van der Waals surface area (Å²) in [6, 6.07) is 0. The third-order valence-corrected chi connectivity index (χ3v) is 5.81. The number of carbonyl (C=O) groups is 2. The summed E-state index contributed by atoms with van der Waals surface area (Å²) in [5.74, 6) is -0.881. The lowest BCUT2D eigenvalue weighted by Crippen LogP contribution is -1.99. The van der Waals surface area contributed by atoms with E-state index in [0.29, 0.717) is 63.5 Å². The zero-order chi connectivity index (χ0) is 32.3. The Morgan fingerprint density at radius 1 is 0.600 bits per heavy atom. The van der Waals surface area contributed by atoms with Crippen LogP contribution in [0.2, 0.25) is 0 Å². The first kappa shape index (κ1) is 44.1. The van der Waals surface area contributed by atoms with E-state index >= 15 is 0 Å². The molecule has 0 amide bonds. The molecular formula is C20H33Cl3F10O4S3. The SMILES string of the molecule is O=C(Cl)CCCCCCC/C=C/S(F)(F)(F)(F)F.O=C(O)CCCCCCC/C=C/S(F)(F)(F)(F)F.O=S(Cl)Cl. The van der Waals surface area contributed by atoms with Gasteiger partial charge < -0.3 is 5.11 Å². The van der Waals surface area contributed by atoms with Gasteiger partial charge in [0.05, 0.1) is 10.8 Å². The molecule has 0 unspecified atom stereocenters. The Morgan fingerprint density at radius 2 is 0.875 bits per heavy atom. The molecule has 0 rings (SSSR count). The zero-order valence-electron chi connectivity index (χ0n) is 21.0. The van der Waals surface area contributed by atoms with Crippen molar-refractivity contribution in [3.8, 4) is 0 Å². The van der Waals surface area contributed by atoms with Crippen molar-refractivity contribution >= 4 is 73.9 Å². The molecule has 1 N–H and O–H groups in total. The van der Waals surface area contributed by atoms with Gasteiger partial charge in [-0.05, 0) is 50.1 Å². The van der Waals surface area contributed by atoms with Crippen LogP contribution >= 0.6 is 53.4 Å². The Kier molecular flexibility index (Phi) is 18.8. The number of allylic oxidation sites excluding steroid dienone is 2. The number of hydrogen-bond acceptors (Lipinski definition) is 3. The minimum Gasteiger partial charge on any atom is -0.481 e. The monoisotopic (exact) mass is 728 g/mol. The molecule has 0 aromatic rings. The molecule has 0 radical (unpaired) electrons. The van der Waals surface area contributed by atoms with Gasteiger partial charge in [-0.1, -0.05) is 89.5 Å². The number of rotatable bonds is 18. The van der Waals surface area contributed by atoms with Gasteiger partial charge in [0.1, 0.15) is 0 Å². The smallest absolute Gasteiger partial charge is 0.304 e. The lowest BCUT2D eigenvalue weighted by atomic mass is 10.1. The Bertz CT molecular complexity index is 785. The molecule has 0 aliphatic rings. The molecule has 0 saturated heterocycles. The first-order valence-corrected chi connectivity index (χ1v) is 18.7. The number of halogens is 13. The second kappa shape index (κ2) is 17.1. The van der Waals surface area contributed by atoms with E-state index in [1.54, 1.807) is 0 Å². The molecule has 0 fully saturated rings. The Morgan fingerprint density at radius 3 is 1.15 bits per heavy atom. The largest absolute Gasteiger partial charge is 0.481 e. The Labute approximate surface area is 243 Å². The highest BCUT2D eigenvalue weighted by Gasteiger charge is 2.61. The molecule has 0 aromatic heterocycles. The van der Waals surface area contributed by atoms with Crippen molar-refractivity contribution in [3.05, 3.63) is 23.0 Å². The number of carboxylic acids is 1. The van der Waals surface area contributed by atoms with Gasteiger partial charge in [0.15, 0.2) is 0 Å². The van der Waals surface area contributed by atoms with Gasteiger partial charge in [-0.25, -0.2) is 4.21 Å². The van der Waals surface area contributed by atoms with Crippen LogP contribution in [0.1, 0.15) is 89.9 Å². The first-order chi connectivity index (χ1) is 17.5. The van der Waals surface area contributed by atoms with Crippen molar-refractivity contribution in [2.24, 2.45) is 0 Å². The maximum atomic E-state index is 11.8. The molecule has 0 bridgehead atoms. The second-order valence-corrected chi connectivity index (χ2v) is 16.0. The van der Waals surface area contributed by atoms with Crippen LogP contribution in [0.5, 0.6) is 0 Å². The second-order valence-electron chi connectivity index (χ2n) is 8.35. The number of hydrogen-bond donors (Lipinski definition) is 1. The number of aliphatic carboxylic acids is 1. The summed E-state index contributed by atoms with van der Waals surface area (Å²) in [5.41, 5.74) is 0. The van der Waals surface area contributed by atoms with E-state index in [0.717, 1.165) is 12.8 Å². The van der Waals surface area contributed by atoms with Crippen molar-refractivity contribution in [2.75, 3.05) is 0 Å². The number of carboxylic acid groups (broad SMARTS) is 1. The Balaban J connectivity index is -0.000000603. The maximum Gasteiger partial charge on any atom is 0.304 e. The van der Waals surface area contributed by atoms with Crippen molar-refractivity contribution in [1.82, 2.24) is 0 Å². The topological polar surface area (TPSA) is 71.4 Å². The van der Waals surface area contributed by atoms with Crippen molar-refractivity contribution in [2.45, 2.75) is 89.9 Å². The summed E-state index contributed by atoms with van der Waals surface area (Å²) in [7, 11) is -11.4. The minimum atomic E-state index is -9.38. The molecule has 0 heterocycles. The van der Waals surface area contributed by atoms with E-state index in [2.05, 4.69) is 21.4 Å². The lowest BCUT2D eigenvalue weighted by molar-refractivity contribution is -0.137. The van der Waals surface area contributed by atoms with Gasteiger partial charge in [-0.2, -0.15) is 0 Å². The highest BCUT2D eigenvalue weighted by molar-refractivity contribution is 8.48. The van der Waals surface area contributed by atoms with Crippen LogP contribution in [-0.4, -0.2) is 20.5 Å². The molecule has 0 saturated carbocycles. The molecule has 20 heteroatoms. The summed E-state index contributed by atoms with van der Waals surface area (Å²) in [6.45, 7) is 0. The van der Waals surface area contributed by atoms with Gasteiger partial charge in [0, 0.05) is 34.2 Å². The quantitative estimate of drug-likeness (QED) is 0.0866. The van der Waals surface area contributed by atoms with Crippen molar-refractivity contribution in [1.29, 1.82) is 0 Å². The predicted octanol–water partition coefficient (Wildman–Crippen LogP) is 13.0. The summed E-state index contributed by atoms with van der Waals surface area (Å²) in [5, 5.41) is 6.11. The molecule has 0 aliphatic heterocycles. The fraction of sp³-hybridized carbons (Fsp3) is 0.700. The molecule has 40 heavy (non-hydrogen) atoms. The molecule has 4 nitrogen and oxygen atoms in total. The van der Waals surface area contributed by atoms with Crippen LogP contribution in [0, 0.1) is 0 Å². The molecule has 0 atom stereocenters. The normalized spacial score (nSPS) is 15.8. The predicted molar refractivity (Wildman–Crippen MR) is 148 cm³/mol. The van der Waals surface area contributed by atoms with E-state index < -0.39 is 51.7 Å². The van der Waals surface area contributed by atoms with E-state index in [4.69, 9.17) is 20.9 Å². The molecule has 0 aliphatic carbocycles. The average molecular weight is 730 g/mol. The summed E-state index contributed by atoms with van der Waals surface area (Å²) < 4.78 is 127. The van der Waals surface area contributed by atoms with Crippen molar-refractivity contribution in [3.63, 3.8) is 0 Å². The van der Waals surface area contributed by atoms with Crippen LogP contribution in [0.4, 0.5) is 38.9 Å². The molecular weight excluding hydrogens is 697 g/mol. The van der Waals surface area contributed by atoms with Crippen molar-refractivity contribution < 1.29 is 57.8 Å². The van der Waals surface area contributed by atoms with Gasteiger partial charge >= 0.3 is 26.4 Å². The fourth-order valence-electron chi connectivity index (χ4n) is 2.63. The first-order valence-electron chi connectivity index (χ1n) is 11.5. The summed E-state index contributed by atoms with van der Waals surface area (Å²) in [4.78, 5) is 20.5. The lowest BCUT2D eigenvalue weighted by Gasteiger charge is -2.36. The van der Waals surface area contributed by atoms with Gasteiger partial charge in [-0.3, -0.25) is 9.59 Å². The molecule has 0 spiro atoms. The van der Waals surface area contributed by atoms with Crippen LogP contribution in [0.3, 0.4) is 0 Å².